The molecule has 1 unspecified atom stereocenters. The molecule has 1 aromatic carbocycles. The summed E-state index contributed by atoms with van der Waals surface area (Å²) in [7, 11) is 0. The molecule has 0 saturated heterocycles. The van der Waals surface area contributed by atoms with Crippen molar-refractivity contribution in [1.29, 1.82) is 0 Å². The molecule has 0 aromatic heterocycles. The van der Waals surface area contributed by atoms with Crippen molar-refractivity contribution in [3.63, 3.8) is 0 Å². The Morgan fingerprint density at radius 2 is 1.94 bits per heavy atom. The van der Waals surface area contributed by atoms with Gasteiger partial charge in [-0.05, 0) is 31.4 Å². The molecule has 1 fully saturated rings. The summed E-state index contributed by atoms with van der Waals surface area (Å²) in [5.41, 5.74) is 1.41. The van der Waals surface area contributed by atoms with Gasteiger partial charge in [-0.2, -0.15) is 0 Å². The van der Waals surface area contributed by atoms with E-state index in [9.17, 15) is 0 Å². The van der Waals surface area contributed by atoms with Crippen LogP contribution in [0.1, 0.15) is 44.7 Å². The molecule has 100 valence electrons. The third-order valence-electron chi connectivity index (χ3n) is 3.87. The first-order chi connectivity index (χ1) is 8.85. The number of hydrogen-bond acceptors (Lipinski definition) is 2. The van der Waals surface area contributed by atoms with E-state index in [0.717, 1.165) is 19.0 Å². The molecule has 2 rings (SSSR count). The molecule has 18 heavy (non-hydrogen) atoms. The van der Waals surface area contributed by atoms with Gasteiger partial charge in [0, 0.05) is 25.2 Å². The highest BCUT2D eigenvalue weighted by Gasteiger charge is 2.27. The highest BCUT2D eigenvalue weighted by atomic mass is 15.2. The fourth-order valence-electron chi connectivity index (χ4n) is 2.60. The van der Waals surface area contributed by atoms with E-state index < -0.39 is 0 Å². The Labute approximate surface area is 111 Å². The van der Waals surface area contributed by atoms with Crippen LogP contribution in [0.4, 0.5) is 0 Å². The minimum Gasteiger partial charge on any atom is -0.309 e. The number of nitrogens with one attached hydrogen (secondary N) is 1. The maximum Gasteiger partial charge on any atom is 0.0318 e. The second-order valence-corrected chi connectivity index (χ2v) is 5.19. The van der Waals surface area contributed by atoms with Crippen molar-refractivity contribution >= 4 is 0 Å². The summed E-state index contributed by atoms with van der Waals surface area (Å²) >= 11 is 0. The van der Waals surface area contributed by atoms with Gasteiger partial charge in [-0.15, -0.1) is 0 Å². The van der Waals surface area contributed by atoms with Gasteiger partial charge >= 0.3 is 0 Å². The molecule has 1 aliphatic carbocycles. The van der Waals surface area contributed by atoms with E-state index in [1.807, 2.05) is 0 Å². The van der Waals surface area contributed by atoms with Crippen LogP contribution in [-0.4, -0.2) is 30.6 Å². The Kier molecular flexibility index (Phi) is 5.21. The zero-order valence-corrected chi connectivity index (χ0v) is 11.7. The quantitative estimate of drug-likeness (QED) is 0.757. The average Bonchev–Trinajstić information content (AvgIpc) is 3.25. The standard InChI is InChI=1S/C16H26N2/c1-3-16(14-8-6-5-7-9-14)17-12-13-18(4-2)15-10-11-15/h5-9,15-17H,3-4,10-13H2,1-2H3. The third-order valence-corrected chi connectivity index (χ3v) is 3.87. The van der Waals surface area contributed by atoms with Crippen molar-refractivity contribution in [1.82, 2.24) is 10.2 Å². The summed E-state index contributed by atoms with van der Waals surface area (Å²) in [6.07, 6.45) is 3.97. The smallest absolute Gasteiger partial charge is 0.0318 e. The summed E-state index contributed by atoms with van der Waals surface area (Å²) in [4.78, 5) is 2.60. The van der Waals surface area contributed by atoms with Crippen LogP contribution in [0, 0.1) is 0 Å². The predicted molar refractivity (Wildman–Crippen MR) is 77.7 cm³/mol. The van der Waals surface area contributed by atoms with Gasteiger partial charge < -0.3 is 5.32 Å². The lowest BCUT2D eigenvalue weighted by atomic mass is 10.0. The summed E-state index contributed by atoms with van der Waals surface area (Å²) < 4.78 is 0. The lowest BCUT2D eigenvalue weighted by Gasteiger charge is -2.23. The van der Waals surface area contributed by atoms with Gasteiger partial charge in [0.15, 0.2) is 0 Å². The lowest BCUT2D eigenvalue weighted by molar-refractivity contribution is 0.271. The first-order valence-corrected chi connectivity index (χ1v) is 7.37. The molecule has 0 bridgehead atoms. The van der Waals surface area contributed by atoms with Gasteiger partial charge in [0.2, 0.25) is 0 Å². The predicted octanol–water partition coefficient (Wildman–Crippen LogP) is 3.21. The number of likely N-dealkylation sites (N-methyl/N-ethyl adjacent to an activating group) is 1. The van der Waals surface area contributed by atoms with Crippen LogP contribution in [0.3, 0.4) is 0 Å². The number of benzene rings is 1. The Hall–Kier alpha value is -0.860. The zero-order chi connectivity index (χ0) is 12.8. The minimum absolute atomic E-state index is 0.504. The molecule has 1 saturated carbocycles. The van der Waals surface area contributed by atoms with Gasteiger partial charge in [-0.1, -0.05) is 44.2 Å². The van der Waals surface area contributed by atoms with Crippen LogP contribution in [-0.2, 0) is 0 Å². The van der Waals surface area contributed by atoms with Crippen molar-refractivity contribution in [2.75, 3.05) is 19.6 Å². The Morgan fingerprint density at radius 3 is 2.50 bits per heavy atom. The molecule has 1 aromatic rings. The molecular formula is C16H26N2. The fourth-order valence-corrected chi connectivity index (χ4v) is 2.60. The van der Waals surface area contributed by atoms with Crippen molar-refractivity contribution < 1.29 is 0 Å². The SMILES string of the molecule is CCC(NCCN(CC)C1CC1)c1ccccc1. The second kappa shape index (κ2) is 6.91. The maximum absolute atomic E-state index is 3.69. The lowest BCUT2D eigenvalue weighted by Crippen LogP contribution is -2.35. The Balaban J connectivity index is 1.77. The van der Waals surface area contributed by atoms with Crippen LogP contribution in [0.15, 0.2) is 30.3 Å². The van der Waals surface area contributed by atoms with Gasteiger partial charge in [0.1, 0.15) is 0 Å². The molecular weight excluding hydrogens is 220 g/mol. The number of nitrogens with zero attached hydrogens (tertiary/aromatic N) is 1. The van der Waals surface area contributed by atoms with Gasteiger partial charge in [0.05, 0.1) is 0 Å². The van der Waals surface area contributed by atoms with Crippen molar-refractivity contribution in [3.05, 3.63) is 35.9 Å². The topological polar surface area (TPSA) is 15.3 Å². The summed E-state index contributed by atoms with van der Waals surface area (Å²) in [5, 5.41) is 3.69. The first kappa shape index (κ1) is 13.6. The van der Waals surface area contributed by atoms with Crippen molar-refractivity contribution in [2.24, 2.45) is 0 Å². The van der Waals surface area contributed by atoms with Crippen LogP contribution in [0.25, 0.3) is 0 Å². The van der Waals surface area contributed by atoms with Crippen LogP contribution >= 0.6 is 0 Å². The molecule has 0 radical (unpaired) electrons. The van der Waals surface area contributed by atoms with Gasteiger partial charge in [-0.3, -0.25) is 4.90 Å². The van der Waals surface area contributed by atoms with E-state index in [1.165, 1.54) is 31.5 Å². The van der Waals surface area contributed by atoms with E-state index >= 15 is 0 Å². The van der Waals surface area contributed by atoms with Gasteiger partial charge in [-0.25, -0.2) is 0 Å². The van der Waals surface area contributed by atoms with Crippen molar-refractivity contribution in [3.8, 4) is 0 Å². The van der Waals surface area contributed by atoms with Crippen LogP contribution < -0.4 is 5.32 Å². The largest absolute Gasteiger partial charge is 0.309 e. The fraction of sp³-hybridized carbons (Fsp3) is 0.625. The Bertz CT molecular complexity index is 332. The van der Waals surface area contributed by atoms with E-state index in [0.29, 0.717) is 6.04 Å². The summed E-state index contributed by atoms with van der Waals surface area (Å²) in [6, 6.07) is 12.2. The average molecular weight is 246 g/mol. The normalized spacial score (nSPS) is 17.1. The Morgan fingerprint density at radius 1 is 1.22 bits per heavy atom. The molecule has 1 atom stereocenters. The van der Waals surface area contributed by atoms with E-state index in [1.54, 1.807) is 0 Å². The molecule has 2 nitrogen and oxygen atoms in total. The molecule has 0 aliphatic heterocycles. The molecule has 1 aliphatic rings. The molecule has 0 spiro atoms. The van der Waals surface area contributed by atoms with Crippen LogP contribution in [0.5, 0.6) is 0 Å². The third kappa shape index (κ3) is 3.82. The molecule has 2 heteroatoms. The summed E-state index contributed by atoms with van der Waals surface area (Å²) in [5.74, 6) is 0. The maximum atomic E-state index is 3.69. The molecule has 0 heterocycles. The number of rotatable bonds is 8. The number of hydrogen-bond donors (Lipinski definition) is 1. The summed E-state index contributed by atoms with van der Waals surface area (Å²) in [6.45, 7) is 7.99. The monoisotopic (exact) mass is 246 g/mol. The zero-order valence-electron chi connectivity index (χ0n) is 11.7. The van der Waals surface area contributed by atoms with Crippen molar-refractivity contribution in [2.45, 2.75) is 45.2 Å². The van der Waals surface area contributed by atoms with Crippen LogP contribution in [0.2, 0.25) is 0 Å². The minimum atomic E-state index is 0.504. The molecule has 1 N–H and O–H groups in total. The highest BCUT2D eigenvalue weighted by Crippen LogP contribution is 2.26. The van der Waals surface area contributed by atoms with E-state index in [-0.39, 0.29) is 0 Å². The molecule has 0 amide bonds. The van der Waals surface area contributed by atoms with E-state index in [4.69, 9.17) is 0 Å². The highest BCUT2D eigenvalue weighted by molar-refractivity contribution is 5.18. The first-order valence-electron chi connectivity index (χ1n) is 7.37. The van der Waals surface area contributed by atoms with E-state index in [2.05, 4.69) is 54.4 Å². The van der Waals surface area contributed by atoms with Gasteiger partial charge in [0.25, 0.3) is 0 Å². The second-order valence-electron chi connectivity index (χ2n) is 5.19.